The Morgan fingerprint density at radius 3 is 2.63 bits per heavy atom. The van der Waals surface area contributed by atoms with Crippen LogP contribution < -0.4 is 5.32 Å². The standard InChI is InChI=1S/C12H17BrN6/c1-12(2,3)11-16-8(13)5-9(17-11)14-6-10-18-15-7-19(10)4/h5,7H,6H2,1-4H3,(H,14,16,17). The summed E-state index contributed by atoms with van der Waals surface area (Å²) in [7, 11) is 1.91. The minimum absolute atomic E-state index is 0.0923. The molecule has 19 heavy (non-hydrogen) atoms. The summed E-state index contributed by atoms with van der Waals surface area (Å²) in [5, 5.41) is 11.1. The van der Waals surface area contributed by atoms with Gasteiger partial charge < -0.3 is 9.88 Å². The highest BCUT2D eigenvalue weighted by atomic mass is 79.9. The molecular formula is C12H17BrN6. The zero-order chi connectivity index (χ0) is 14.0. The Morgan fingerprint density at radius 2 is 2.05 bits per heavy atom. The van der Waals surface area contributed by atoms with Crippen molar-refractivity contribution in [3.63, 3.8) is 0 Å². The van der Waals surface area contributed by atoms with E-state index in [1.54, 1.807) is 6.33 Å². The molecule has 0 radical (unpaired) electrons. The summed E-state index contributed by atoms with van der Waals surface area (Å²) in [6.07, 6.45) is 1.67. The lowest BCUT2D eigenvalue weighted by atomic mass is 9.96. The summed E-state index contributed by atoms with van der Waals surface area (Å²) in [5.74, 6) is 2.42. The van der Waals surface area contributed by atoms with Gasteiger partial charge in [-0.05, 0) is 15.9 Å². The highest BCUT2D eigenvalue weighted by molar-refractivity contribution is 9.10. The van der Waals surface area contributed by atoms with Gasteiger partial charge in [-0.1, -0.05) is 20.8 Å². The Balaban J connectivity index is 2.17. The number of anilines is 1. The monoisotopic (exact) mass is 324 g/mol. The van der Waals surface area contributed by atoms with Crippen LogP contribution in [0.1, 0.15) is 32.4 Å². The zero-order valence-corrected chi connectivity index (χ0v) is 13.1. The number of rotatable bonds is 3. The SMILES string of the molecule is Cn1cnnc1CNc1cc(Br)nc(C(C)(C)C)n1. The summed E-state index contributed by atoms with van der Waals surface area (Å²) < 4.78 is 2.64. The highest BCUT2D eigenvalue weighted by Crippen LogP contribution is 2.22. The molecule has 0 bridgehead atoms. The van der Waals surface area contributed by atoms with Crippen molar-refractivity contribution in [1.82, 2.24) is 24.7 Å². The quantitative estimate of drug-likeness (QED) is 0.877. The molecule has 0 spiro atoms. The second-order valence-corrected chi connectivity index (χ2v) is 6.17. The summed E-state index contributed by atoms with van der Waals surface area (Å²) in [6, 6.07) is 1.85. The maximum absolute atomic E-state index is 4.52. The first-order valence-electron chi connectivity index (χ1n) is 5.98. The van der Waals surface area contributed by atoms with Gasteiger partial charge in [-0.25, -0.2) is 9.97 Å². The van der Waals surface area contributed by atoms with Gasteiger partial charge in [0.05, 0.1) is 6.54 Å². The number of aromatic nitrogens is 5. The summed E-state index contributed by atoms with van der Waals surface area (Å²) in [6.45, 7) is 6.83. The topological polar surface area (TPSA) is 68.5 Å². The number of hydrogen-bond donors (Lipinski definition) is 1. The first kappa shape index (κ1) is 13.9. The third-order valence-corrected chi connectivity index (χ3v) is 3.00. The van der Waals surface area contributed by atoms with Gasteiger partial charge in [0.2, 0.25) is 0 Å². The van der Waals surface area contributed by atoms with Crippen LogP contribution in [0.2, 0.25) is 0 Å². The Kier molecular flexibility index (Phi) is 3.84. The molecule has 0 aromatic carbocycles. The van der Waals surface area contributed by atoms with Crippen LogP contribution in [0.3, 0.4) is 0 Å². The molecule has 0 amide bonds. The van der Waals surface area contributed by atoms with E-state index >= 15 is 0 Å². The van der Waals surface area contributed by atoms with Crippen molar-refractivity contribution in [3.05, 3.63) is 28.6 Å². The van der Waals surface area contributed by atoms with E-state index in [4.69, 9.17) is 0 Å². The molecule has 102 valence electrons. The van der Waals surface area contributed by atoms with E-state index in [-0.39, 0.29) is 5.41 Å². The molecule has 7 heteroatoms. The largest absolute Gasteiger partial charge is 0.363 e. The molecule has 2 rings (SSSR count). The number of hydrogen-bond acceptors (Lipinski definition) is 5. The molecule has 0 saturated carbocycles. The van der Waals surface area contributed by atoms with Gasteiger partial charge in [-0.2, -0.15) is 0 Å². The Morgan fingerprint density at radius 1 is 1.32 bits per heavy atom. The third kappa shape index (κ3) is 3.50. The van der Waals surface area contributed by atoms with Gasteiger partial charge in [0.15, 0.2) is 5.82 Å². The van der Waals surface area contributed by atoms with Crippen LogP contribution in [0.15, 0.2) is 17.0 Å². The van der Waals surface area contributed by atoms with Gasteiger partial charge in [0, 0.05) is 18.5 Å². The van der Waals surface area contributed by atoms with E-state index in [0.29, 0.717) is 6.54 Å². The minimum Gasteiger partial charge on any atom is -0.363 e. The van der Waals surface area contributed by atoms with Gasteiger partial charge in [-0.15, -0.1) is 10.2 Å². The Hall–Kier alpha value is -1.50. The first-order chi connectivity index (χ1) is 8.86. The van der Waals surface area contributed by atoms with E-state index in [1.165, 1.54) is 0 Å². The molecule has 6 nitrogen and oxygen atoms in total. The van der Waals surface area contributed by atoms with E-state index < -0.39 is 0 Å². The summed E-state index contributed by atoms with van der Waals surface area (Å²) >= 11 is 3.41. The van der Waals surface area contributed by atoms with Crippen LogP contribution in [0.25, 0.3) is 0 Å². The predicted octanol–water partition coefficient (Wildman–Crippen LogP) is 2.28. The maximum Gasteiger partial charge on any atom is 0.151 e. The van der Waals surface area contributed by atoms with Crippen molar-refractivity contribution in [2.24, 2.45) is 7.05 Å². The zero-order valence-electron chi connectivity index (χ0n) is 11.5. The number of nitrogens with zero attached hydrogens (tertiary/aromatic N) is 5. The molecule has 2 aromatic rings. The second-order valence-electron chi connectivity index (χ2n) is 5.36. The van der Waals surface area contributed by atoms with Crippen LogP contribution in [-0.2, 0) is 19.0 Å². The lowest BCUT2D eigenvalue weighted by Gasteiger charge is -2.17. The molecule has 0 aliphatic rings. The maximum atomic E-state index is 4.52. The fraction of sp³-hybridized carbons (Fsp3) is 0.500. The lowest BCUT2D eigenvalue weighted by Crippen LogP contribution is -2.17. The van der Waals surface area contributed by atoms with E-state index in [9.17, 15) is 0 Å². The van der Waals surface area contributed by atoms with Crippen LogP contribution in [0.5, 0.6) is 0 Å². The highest BCUT2D eigenvalue weighted by Gasteiger charge is 2.18. The molecule has 0 atom stereocenters. The number of aryl methyl sites for hydroxylation is 1. The van der Waals surface area contributed by atoms with Crippen molar-refractivity contribution in [1.29, 1.82) is 0 Å². The first-order valence-corrected chi connectivity index (χ1v) is 6.77. The molecule has 1 N–H and O–H groups in total. The van der Waals surface area contributed by atoms with E-state index in [0.717, 1.165) is 22.1 Å². The summed E-state index contributed by atoms with van der Waals surface area (Å²) in [5.41, 5.74) is -0.0923. The van der Waals surface area contributed by atoms with Crippen LogP contribution in [0, 0.1) is 0 Å². The minimum atomic E-state index is -0.0923. The number of nitrogens with one attached hydrogen (secondary N) is 1. The molecule has 0 saturated heterocycles. The van der Waals surface area contributed by atoms with Crippen molar-refractivity contribution in [2.45, 2.75) is 32.7 Å². The van der Waals surface area contributed by atoms with Crippen molar-refractivity contribution in [3.8, 4) is 0 Å². The normalized spacial score (nSPS) is 11.6. The molecule has 0 fully saturated rings. The fourth-order valence-corrected chi connectivity index (χ4v) is 1.87. The smallest absolute Gasteiger partial charge is 0.151 e. The van der Waals surface area contributed by atoms with Crippen molar-refractivity contribution >= 4 is 21.7 Å². The number of halogens is 1. The Bertz CT molecular complexity index is 572. The predicted molar refractivity (Wildman–Crippen MR) is 76.8 cm³/mol. The molecular weight excluding hydrogens is 308 g/mol. The third-order valence-electron chi connectivity index (χ3n) is 2.60. The summed E-state index contributed by atoms with van der Waals surface area (Å²) in [4.78, 5) is 8.92. The van der Waals surface area contributed by atoms with Gasteiger partial charge in [0.25, 0.3) is 0 Å². The van der Waals surface area contributed by atoms with Crippen LogP contribution in [0.4, 0.5) is 5.82 Å². The van der Waals surface area contributed by atoms with Crippen molar-refractivity contribution < 1.29 is 0 Å². The Labute approximate surface area is 120 Å². The van der Waals surface area contributed by atoms with Crippen molar-refractivity contribution in [2.75, 3.05) is 5.32 Å². The van der Waals surface area contributed by atoms with E-state index in [1.807, 2.05) is 17.7 Å². The molecule has 0 unspecified atom stereocenters. The van der Waals surface area contributed by atoms with Crippen LogP contribution in [-0.4, -0.2) is 24.7 Å². The van der Waals surface area contributed by atoms with E-state index in [2.05, 4.69) is 62.2 Å². The van der Waals surface area contributed by atoms with Crippen LogP contribution >= 0.6 is 15.9 Å². The average Bonchev–Trinajstić information content (AvgIpc) is 2.70. The molecule has 2 aromatic heterocycles. The molecule has 0 aliphatic heterocycles. The average molecular weight is 325 g/mol. The fourth-order valence-electron chi connectivity index (χ4n) is 1.48. The lowest BCUT2D eigenvalue weighted by molar-refractivity contribution is 0.544. The molecule has 0 aliphatic carbocycles. The van der Waals surface area contributed by atoms with Gasteiger partial charge in [-0.3, -0.25) is 0 Å². The van der Waals surface area contributed by atoms with Gasteiger partial charge in [0.1, 0.15) is 22.6 Å². The second kappa shape index (κ2) is 5.24. The molecule has 2 heterocycles. The van der Waals surface area contributed by atoms with Gasteiger partial charge >= 0.3 is 0 Å².